The van der Waals surface area contributed by atoms with Crippen LogP contribution in [0.1, 0.15) is 0 Å². The minimum absolute atomic E-state index is 0.549. The fourth-order valence-corrected chi connectivity index (χ4v) is 1.72. The van der Waals surface area contributed by atoms with E-state index in [2.05, 4.69) is 15.3 Å². The first-order valence-corrected chi connectivity index (χ1v) is 5.81. The minimum atomic E-state index is 0.549. The zero-order valence-electron chi connectivity index (χ0n) is 9.80. The number of benzene rings is 1. The summed E-state index contributed by atoms with van der Waals surface area (Å²) in [5.41, 5.74) is 1.76. The van der Waals surface area contributed by atoms with Crippen LogP contribution in [0.5, 0.6) is 0 Å². The molecule has 0 bridgehead atoms. The van der Waals surface area contributed by atoms with Gasteiger partial charge in [-0.3, -0.25) is 4.98 Å². The van der Waals surface area contributed by atoms with Gasteiger partial charge in [0, 0.05) is 0 Å². The minimum Gasteiger partial charge on any atom is -0.494 e. The smallest absolute Gasteiger partial charge is 0.150 e. The van der Waals surface area contributed by atoms with Crippen LogP contribution < -0.4 is 5.32 Å². The van der Waals surface area contributed by atoms with Gasteiger partial charge in [0.2, 0.25) is 0 Å². The quantitative estimate of drug-likeness (QED) is 0.892. The summed E-state index contributed by atoms with van der Waals surface area (Å²) < 4.78 is 10.6. The SMILES string of the molecule is C1=C(CNc2cnc3ccccc3n2)OCCO1. The molecular formula is C13H13N3O2. The number of nitrogens with zero attached hydrogens (tertiary/aromatic N) is 2. The van der Waals surface area contributed by atoms with Gasteiger partial charge >= 0.3 is 0 Å². The summed E-state index contributed by atoms with van der Waals surface area (Å²) in [6.07, 6.45) is 3.34. The molecule has 92 valence electrons. The Morgan fingerprint density at radius 2 is 2.06 bits per heavy atom. The second-order valence-electron chi connectivity index (χ2n) is 3.90. The molecule has 5 heteroatoms. The van der Waals surface area contributed by atoms with Crippen LogP contribution in [0.4, 0.5) is 5.82 Å². The van der Waals surface area contributed by atoms with Crippen LogP contribution in [-0.2, 0) is 9.47 Å². The second kappa shape index (κ2) is 4.91. The van der Waals surface area contributed by atoms with Crippen molar-refractivity contribution in [2.45, 2.75) is 0 Å². The van der Waals surface area contributed by atoms with E-state index >= 15 is 0 Å². The number of nitrogens with one attached hydrogen (secondary N) is 1. The third-order valence-corrected chi connectivity index (χ3v) is 2.60. The van der Waals surface area contributed by atoms with E-state index in [-0.39, 0.29) is 0 Å². The maximum Gasteiger partial charge on any atom is 0.150 e. The van der Waals surface area contributed by atoms with Gasteiger partial charge in [0.1, 0.15) is 31.1 Å². The molecule has 0 saturated heterocycles. The third-order valence-electron chi connectivity index (χ3n) is 2.60. The molecule has 0 radical (unpaired) electrons. The summed E-state index contributed by atoms with van der Waals surface area (Å²) in [5, 5.41) is 3.16. The molecule has 0 atom stereocenters. The van der Waals surface area contributed by atoms with Gasteiger partial charge in [0.15, 0.2) is 0 Å². The number of rotatable bonds is 3. The summed E-state index contributed by atoms with van der Waals surface area (Å²) in [5.74, 6) is 1.50. The average Bonchev–Trinajstić information content (AvgIpc) is 2.46. The Hall–Kier alpha value is -2.30. The zero-order valence-corrected chi connectivity index (χ0v) is 9.80. The van der Waals surface area contributed by atoms with E-state index in [1.807, 2.05) is 24.3 Å². The Kier molecular flexibility index (Phi) is 2.96. The number of aromatic nitrogens is 2. The van der Waals surface area contributed by atoms with Crippen LogP contribution in [0.15, 0.2) is 42.5 Å². The molecular weight excluding hydrogens is 230 g/mol. The molecule has 2 aromatic rings. The van der Waals surface area contributed by atoms with Crippen LogP contribution in [0.25, 0.3) is 11.0 Å². The Balaban J connectivity index is 1.72. The van der Waals surface area contributed by atoms with Crippen molar-refractivity contribution in [3.05, 3.63) is 42.5 Å². The van der Waals surface area contributed by atoms with Crippen LogP contribution in [0, 0.1) is 0 Å². The van der Waals surface area contributed by atoms with Gasteiger partial charge in [0.25, 0.3) is 0 Å². The monoisotopic (exact) mass is 243 g/mol. The van der Waals surface area contributed by atoms with E-state index in [0.29, 0.717) is 19.8 Å². The maximum absolute atomic E-state index is 5.41. The molecule has 0 saturated carbocycles. The molecule has 1 N–H and O–H groups in total. The highest BCUT2D eigenvalue weighted by Crippen LogP contribution is 2.12. The summed E-state index contributed by atoms with van der Waals surface area (Å²) in [6, 6.07) is 7.77. The van der Waals surface area contributed by atoms with Crippen molar-refractivity contribution < 1.29 is 9.47 Å². The van der Waals surface area contributed by atoms with Gasteiger partial charge in [0.05, 0.1) is 23.8 Å². The molecule has 0 unspecified atom stereocenters. The van der Waals surface area contributed by atoms with E-state index in [9.17, 15) is 0 Å². The van der Waals surface area contributed by atoms with Gasteiger partial charge < -0.3 is 14.8 Å². The maximum atomic E-state index is 5.41. The summed E-state index contributed by atoms with van der Waals surface area (Å²) in [4.78, 5) is 8.79. The molecule has 0 spiro atoms. The van der Waals surface area contributed by atoms with Crippen molar-refractivity contribution in [3.63, 3.8) is 0 Å². The molecule has 0 fully saturated rings. The first-order valence-electron chi connectivity index (χ1n) is 5.81. The number of hydrogen-bond acceptors (Lipinski definition) is 5. The normalized spacial score (nSPS) is 14.6. The molecule has 0 aliphatic carbocycles. The van der Waals surface area contributed by atoms with Gasteiger partial charge in [-0.25, -0.2) is 4.98 Å². The molecule has 1 aromatic heterocycles. The van der Waals surface area contributed by atoms with Crippen molar-refractivity contribution in [3.8, 4) is 0 Å². The highest BCUT2D eigenvalue weighted by Gasteiger charge is 2.05. The van der Waals surface area contributed by atoms with Crippen LogP contribution in [-0.4, -0.2) is 29.7 Å². The summed E-state index contributed by atoms with van der Waals surface area (Å²) in [7, 11) is 0. The lowest BCUT2D eigenvalue weighted by molar-refractivity contribution is 0.0843. The van der Waals surface area contributed by atoms with Crippen molar-refractivity contribution in [2.75, 3.05) is 25.1 Å². The Bertz CT molecular complexity index is 583. The molecule has 5 nitrogen and oxygen atoms in total. The second-order valence-corrected chi connectivity index (χ2v) is 3.90. The Labute approximate surface area is 104 Å². The number of para-hydroxylation sites is 2. The number of anilines is 1. The predicted octanol–water partition coefficient (Wildman–Crippen LogP) is 1.93. The largest absolute Gasteiger partial charge is 0.494 e. The van der Waals surface area contributed by atoms with Crippen molar-refractivity contribution in [2.24, 2.45) is 0 Å². The lowest BCUT2D eigenvalue weighted by Crippen LogP contribution is -2.15. The first kappa shape index (κ1) is 10.8. The van der Waals surface area contributed by atoms with Crippen LogP contribution in [0.3, 0.4) is 0 Å². The number of ether oxygens (including phenoxy) is 2. The van der Waals surface area contributed by atoms with Crippen LogP contribution in [0.2, 0.25) is 0 Å². The molecule has 1 aromatic carbocycles. The zero-order chi connectivity index (χ0) is 12.2. The fraction of sp³-hybridized carbons (Fsp3) is 0.231. The molecule has 18 heavy (non-hydrogen) atoms. The number of fused-ring (bicyclic) bond motifs is 1. The topological polar surface area (TPSA) is 56.3 Å². The first-order chi connectivity index (χ1) is 8.92. The Morgan fingerprint density at radius 1 is 1.17 bits per heavy atom. The number of hydrogen-bond donors (Lipinski definition) is 1. The predicted molar refractivity (Wildman–Crippen MR) is 68.0 cm³/mol. The highest BCUT2D eigenvalue weighted by molar-refractivity contribution is 5.75. The third kappa shape index (κ3) is 2.34. The van der Waals surface area contributed by atoms with E-state index in [1.165, 1.54) is 0 Å². The van der Waals surface area contributed by atoms with E-state index in [1.54, 1.807) is 12.5 Å². The standard InChI is InChI=1S/C13H13N3O2/c1-2-4-12-11(3-1)14-8-13(16-12)15-7-10-9-17-5-6-18-10/h1-4,8-9H,5-7H2,(H,15,16). The van der Waals surface area contributed by atoms with E-state index in [0.717, 1.165) is 22.6 Å². The van der Waals surface area contributed by atoms with Crippen molar-refractivity contribution >= 4 is 16.9 Å². The molecule has 1 aliphatic rings. The molecule has 2 heterocycles. The van der Waals surface area contributed by atoms with Gasteiger partial charge in [-0.1, -0.05) is 12.1 Å². The summed E-state index contributed by atoms with van der Waals surface area (Å²) in [6.45, 7) is 1.75. The average molecular weight is 243 g/mol. The fourth-order valence-electron chi connectivity index (χ4n) is 1.72. The highest BCUT2D eigenvalue weighted by atomic mass is 16.6. The molecule has 1 aliphatic heterocycles. The molecule has 3 rings (SSSR count). The van der Waals surface area contributed by atoms with E-state index in [4.69, 9.17) is 9.47 Å². The lowest BCUT2D eigenvalue weighted by Gasteiger charge is -2.16. The molecule has 0 amide bonds. The van der Waals surface area contributed by atoms with Gasteiger partial charge in [-0.15, -0.1) is 0 Å². The Morgan fingerprint density at radius 3 is 2.89 bits per heavy atom. The lowest BCUT2D eigenvalue weighted by atomic mass is 10.3. The summed E-state index contributed by atoms with van der Waals surface area (Å²) >= 11 is 0. The van der Waals surface area contributed by atoms with Gasteiger partial charge in [-0.05, 0) is 12.1 Å². The van der Waals surface area contributed by atoms with Crippen molar-refractivity contribution in [1.82, 2.24) is 9.97 Å². The van der Waals surface area contributed by atoms with Gasteiger partial charge in [-0.2, -0.15) is 0 Å². The van der Waals surface area contributed by atoms with E-state index < -0.39 is 0 Å². The van der Waals surface area contributed by atoms with Crippen LogP contribution >= 0.6 is 0 Å². The van der Waals surface area contributed by atoms with Crippen molar-refractivity contribution in [1.29, 1.82) is 0 Å².